The standard InChI is InChI=1S/C10H8BrN3O2/c11-7-1-2-8(12-5-7)6-14-4-3-9(13-14)10(15)16/h1-5H,6H2,(H,15,16). The van der Waals surface area contributed by atoms with Crippen molar-refractivity contribution in [2.24, 2.45) is 0 Å². The van der Waals surface area contributed by atoms with E-state index in [0.717, 1.165) is 10.2 Å². The zero-order valence-electron chi connectivity index (χ0n) is 8.17. The van der Waals surface area contributed by atoms with E-state index in [1.54, 1.807) is 17.1 Å². The number of nitrogens with zero attached hydrogens (tertiary/aromatic N) is 3. The minimum atomic E-state index is -1.03. The van der Waals surface area contributed by atoms with E-state index in [2.05, 4.69) is 26.0 Å². The summed E-state index contributed by atoms with van der Waals surface area (Å²) in [6, 6.07) is 5.19. The lowest BCUT2D eigenvalue weighted by atomic mass is 10.3. The second-order valence-corrected chi connectivity index (χ2v) is 4.09. The number of carboxylic acids is 1. The molecule has 0 aromatic carbocycles. The Bertz CT molecular complexity index is 507. The summed E-state index contributed by atoms with van der Waals surface area (Å²) in [6.45, 7) is 0.459. The van der Waals surface area contributed by atoms with Gasteiger partial charge in [0.05, 0.1) is 12.2 Å². The van der Waals surface area contributed by atoms with Gasteiger partial charge in [0, 0.05) is 16.9 Å². The number of hydrogen-bond donors (Lipinski definition) is 1. The summed E-state index contributed by atoms with van der Waals surface area (Å²) >= 11 is 3.29. The van der Waals surface area contributed by atoms with Crippen LogP contribution in [0.1, 0.15) is 16.2 Å². The highest BCUT2D eigenvalue weighted by Crippen LogP contribution is 2.08. The molecule has 0 aliphatic carbocycles. The van der Waals surface area contributed by atoms with Crippen LogP contribution in [0.5, 0.6) is 0 Å². The molecule has 16 heavy (non-hydrogen) atoms. The molecule has 0 amide bonds. The van der Waals surface area contributed by atoms with Crippen LogP contribution in [0.25, 0.3) is 0 Å². The number of carboxylic acid groups (broad SMARTS) is 1. The maximum absolute atomic E-state index is 10.6. The molecule has 0 bridgehead atoms. The molecule has 2 aromatic rings. The van der Waals surface area contributed by atoms with Gasteiger partial charge in [-0.15, -0.1) is 0 Å². The van der Waals surface area contributed by atoms with Crippen molar-refractivity contribution >= 4 is 21.9 Å². The molecule has 0 atom stereocenters. The van der Waals surface area contributed by atoms with Gasteiger partial charge in [-0.1, -0.05) is 0 Å². The van der Waals surface area contributed by atoms with Crippen LogP contribution in [0.15, 0.2) is 35.1 Å². The number of hydrogen-bond acceptors (Lipinski definition) is 3. The zero-order valence-corrected chi connectivity index (χ0v) is 9.75. The number of halogens is 1. The maximum Gasteiger partial charge on any atom is 0.356 e. The fourth-order valence-electron chi connectivity index (χ4n) is 1.23. The Labute approximate surface area is 99.9 Å². The van der Waals surface area contributed by atoms with Crippen molar-refractivity contribution in [2.45, 2.75) is 6.54 Å². The molecule has 0 radical (unpaired) electrons. The summed E-state index contributed by atoms with van der Waals surface area (Å²) in [4.78, 5) is 14.8. The van der Waals surface area contributed by atoms with Crippen LogP contribution in [0.4, 0.5) is 0 Å². The van der Waals surface area contributed by atoms with Gasteiger partial charge >= 0.3 is 5.97 Å². The fraction of sp³-hybridized carbons (Fsp3) is 0.100. The zero-order chi connectivity index (χ0) is 11.5. The molecule has 2 heterocycles. The van der Waals surface area contributed by atoms with E-state index in [4.69, 9.17) is 5.11 Å². The van der Waals surface area contributed by atoms with Gasteiger partial charge < -0.3 is 5.11 Å². The summed E-state index contributed by atoms with van der Waals surface area (Å²) in [5.74, 6) is -1.03. The van der Waals surface area contributed by atoms with Crippen LogP contribution in [-0.4, -0.2) is 25.8 Å². The van der Waals surface area contributed by atoms with E-state index < -0.39 is 5.97 Å². The van der Waals surface area contributed by atoms with Crippen molar-refractivity contribution in [3.8, 4) is 0 Å². The van der Waals surface area contributed by atoms with Gasteiger partial charge in [-0.3, -0.25) is 9.67 Å². The summed E-state index contributed by atoms with van der Waals surface area (Å²) in [5.41, 5.74) is 0.861. The van der Waals surface area contributed by atoms with Crippen molar-refractivity contribution in [1.29, 1.82) is 0 Å². The van der Waals surface area contributed by atoms with E-state index in [1.807, 2.05) is 12.1 Å². The first-order valence-electron chi connectivity index (χ1n) is 4.52. The molecule has 0 spiro atoms. The SMILES string of the molecule is O=C(O)c1ccn(Cc2ccc(Br)cn2)n1. The topological polar surface area (TPSA) is 68.0 Å². The smallest absolute Gasteiger partial charge is 0.356 e. The number of carbonyl (C=O) groups is 1. The number of rotatable bonds is 3. The Morgan fingerprint density at radius 3 is 2.81 bits per heavy atom. The van der Waals surface area contributed by atoms with Crippen molar-refractivity contribution in [1.82, 2.24) is 14.8 Å². The quantitative estimate of drug-likeness (QED) is 0.931. The number of aromatic nitrogens is 3. The Kier molecular flexibility index (Phi) is 3.00. The molecule has 0 fully saturated rings. The average molecular weight is 282 g/mol. The summed E-state index contributed by atoms with van der Waals surface area (Å²) in [6.07, 6.45) is 3.31. The maximum atomic E-state index is 10.6. The average Bonchev–Trinajstić information content (AvgIpc) is 2.70. The first-order chi connectivity index (χ1) is 7.65. The molecule has 0 saturated heterocycles. The Morgan fingerprint density at radius 1 is 1.44 bits per heavy atom. The molecule has 2 aromatic heterocycles. The third-order valence-electron chi connectivity index (χ3n) is 1.97. The van der Waals surface area contributed by atoms with Gasteiger partial charge in [-0.05, 0) is 34.1 Å². The van der Waals surface area contributed by atoms with Gasteiger partial charge in [0.1, 0.15) is 0 Å². The lowest BCUT2D eigenvalue weighted by Gasteiger charge is -2.00. The van der Waals surface area contributed by atoms with Crippen LogP contribution in [0.2, 0.25) is 0 Å². The third kappa shape index (κ3) is 2.46. The predicted molar refractivity (Wildman–Crippen MR) is 60.2 cm³/mol. The fourth-order valence-corrected chi connectivity index (χ4v) is 1.46. The minimum Gasteiger partial charge on any atom is -0.476 e. The highest BCUT2D eigenvalue weighted by molar-refractivity contribution is 9.10. The highest BCUT2D eigenvalue weighted by Gasteiger charge is 2.06. The van der Waals surface area contributed by atoms with Crippen LogP contribution < -0.4 is 0 Å². The first-order valence-corrected chi connectivity index (χ1v) is 5.31. The van der Waals surface area contributed by atoms with Crippen LogP contribution >= 0.6 is 15.9 Å². The molecule has 0 aliphatic heterocycles. The molecular weight excluding hydrogens is 274 g/mol. The lowest BCUT2D eigenvalue weighted by Crippen LogP contribution is -2.04. The van der Waals surface area contributed by atoms with Crippen molar-refractivity contribution in [3.05, 3.63) is 46.5 Å². The molecular formula is C10H8BrN3O2. The molecule has 2 rings (SSSR count). The summed E-state index contributed by atoms with van der Waals surface area (Å²) in [7, 11) is 0. The van der Waals surface area contributed by atoms with Crippen LogP contribution in [0, 0.1) is 0 Å². The third-order valence-corrected chi connectivity index (χ3v) is 2.44. The normalized spacial score (nSPS) is 10.3. The Balaban J connectivity index is 2.14. The predicted octanol–water partition coefficient (Wildman–Crippen LogP) is 1.79. The van der Waals surface area contributed by atoms with E-state index in [1.165, 1.54) is 6.07 Å². The van der Waals surface area contributed by atoms with Gasteiger partial charge in [-0.25, -0.2) is 4.79 Å². The largest absolute Gasteiger partial charge is 0.476 e. The highest BCUT2D eigenvalue weighted by atomic mass is 79.9. The molecule has 0 unspecified atom stereocenters. The van der Waals surface area contributed by atoms with E-state index in [-0.39, 0.29) is 5.69 Å². The molecule has 82 valence electrons. The first kappa shape index (κ1) is 10.8. The molecule has 6 heteroatoms. The van der Waals surface area contributed by atoms with Gasteiger partial charge in [0.15, 0.2) is 5.69 Å². The molecule has 1 N–H and O–H groups in total. The molecule has 0 aliphatic rings. The van der Waals surface area contributed by atoms with Crippen LogP contribution in [0.3, 0.4) is 0 Å². The van der Waals surface area contributed by atoms with E-state index >= 15 is 0 Å². The second kappa shape index (κ2) is 4.44. The van der Waals surface area contributed by atoms with Gasteiger partial charge in [0.25, 0.3) is 0 Å². The van der Waals surface area contributed by atoms with Gasteiger partial charge in [-0.2, -0.15) is 5.10 Å². The summed E-state index contributed by atoms with van der Waals surface area (Å²) in [5, 5.41) is 12.6. The minimum absolute atomic E-state index is 0.0390. The van der Waals surface area contributed by atoms with E-state index in [9.17, 15) is 4.79 Å². The van der Waals surface area contributed by atoms with Crippen molar-refractivity contribution in [3.63, 3.8) is 0 Å². The Hall–Kier alpha value is -1.69. The van der Waals surface area contributed by atoms with Gasteiger partial charge in [0.2, 0.25) is 0 Å². The number of pyridine rings is 1. The van der Waals surface area contributed by atoms with E-state index in [0.29, 0.717) is 6.54 Å². The van der Waals surface area contributed by atoms with Crippen LogP contribution in [-0.2, 0) is 6.54 Å². The lowest BCUT2D eigenvalue weighted by molar-refractivity contribution is 0.0689. The second-order valence-electron chi connectivity index (χ2n) is 3.17. The number of aromatic carboxylic acids is 1. The summed E-state index contributed by atoms with van der Waals surface area (Å²) < 4.78 is 2.45. The molecule has 5 nitrogen and oxygen atoms in total. The monoisotopic (exact) mass is 281 g/mol. The Morgan fingerprint density at radius 2 is 2.25 bits per heavy atom. The van der Waals surface area contributed by atoms with Crippen molar-refractivity contribution < 1.29 is 9.90 Å². The molecule has 0 saturated carbocycles. The van der Waals surface area contributed by atoms with Crippen molar-refractivity contribution in [2.75, 3.05) is 0 Å².